The Labute approximate surface area is 66.8 Å². The second-order valence-electron chi connectivity index (χ2n) is 3.33. The number of carbonyl (C=O) groups is 1. The van der Waals surface area contributed by atoms with Gasteiger partial charge < -0.3 is 0 Å². The Kier molecular flexibility index (Phi) is 1.65. The fraction of sp³-hybridized carbons (Fsp3) is 0.500. The number of allylic oxidation sites excluding steroid dienone is 4. The minimum Gasteiger partial charge on any atom is -0.300 e. The molecule has 0 aliphatic heterocycles. The molecule has 0 heterocycles. The molecule has 1 nitrogen and oxygen atoms in total. The van der Waals surface area contributed by atoms with Gasteiger partial charge in [-0.05, 0) is 24.3 Å². The van der Waals surface area contributed by atoms with Gasteiger partial charge in [-0.25, -0.2) is 0 Å². The first-order valence-corrected chi connectivity index (χ1v) is 4.24. The molecule has 0 aromatic rings. The molecule has 0 saturated heterocycles. The van der Waals surface area contributed by atoms with E-state index in [2.05, 4.69) is 18.2 Å². The van der Waals surface area contributed by atoms with Crippen molar-refractivity contribution in [1.29, 1.82) is 0 Å². The Morgan fingerprint density at radius 3 is 2.64 bits per heavy atom. The van der Waals surface area contributed by atoms with Gasteiger partial charge in [0.1, 0.15) is 5.78 Å². The molecule has 1 heteroatoms. The normalized spacial score (nSPS) is 24.7. The predicted octanol–water partition coefficient (Wildman–Crippen LogP) is 2.24. The molecule has 0 spiro atoms. The lowest BCUT2D eigenvalue weighted by molar-refractivity contribution is -0.125. The first-order valence-electron chi connectivity index (χ1n) is 4.24. The molecule has 0 amide bonds. The van der Waals surface area contributed by atoms with Gasteiger partial charge in [0.15, 0.2) is 0 Å². The van der Waals surface area contributed by atoms with E-state index >= 15 is 0 Å². The van der Waals surface area contributed by atoms with Crippen LogP contribution >= 0.6 is 0 Å². The molecular formula is C10H12O. The third kappa shape index (κ3) is 1.28. The number of Topliss-reactive ketones (excluding diaryl/α,β-unsaturated/α-hetero) is 1. The zero-order valence-corrected chi connectivity index (χ0v) is 6.55. The lowest BCUT2D eigenvalue weighted by Crippen LogP contribution is -2.24. The van der Waals surface area contributed by atoms with Crippen LogP contribution in [-0.2, 0) is 4.79 Å². The summed E-state index contributed by atoms with van der Waals surface area (Å²) >= 11 is 0. The van der Waals surface area contributed by atoms with Crippen molar-refractivity contribution in [2.45, 2.75) is 25.7 Å². The Hall–Kier alpha value is -0.850. The highest BCUT2D eigenvalue weighted by molar-refractivity contribution is 5.85. The van der Waals surface area contributed by atoms with Gasteiger partial charge in [-0.3, -0.25) is 4.79 Å². The van der Waals surface area contributed by atoms with Crippen molar-refractivity contribution in [3.63, 3.8) is 0 Å². The van der Waals surface area contributed by atoms with Crippen LogP contribution in [0.2, 0.25) is 0 Å². The van der Waals surface area contributed by atoms with Crippen molar-refractivity contribution in [2.75, 3.05) is 0 Å². The molecule has 0 aromatic heterocycles. The second-order valence-corrected chi connectivity index (χ2v) is 3.33. The smallest absolute Gasteiger partial charge is 0.134 e. The van der Waals surface area contributed by atoms with Crippen LogP contribution in [0.4, 0.5) is 0 Å². The summed E-state index contributed by atoms with van der Waals surface area (Å²) < 4.78 is 0. The molecule has 0 radical (unpaired) electrons. The van der Waals surface area contributed by atoms with E-state index in [-0.39, 0.29) is 0 Å². The fourth-order valence-corrected chi connectivity index (χ4v) is 1.66. The molecule has 11 heavy (non-hydrogen) atoms. The van der Waals surface area contributed by atoms with Gasteiger partial charge in [-0.15, -0.1) is 0 Å². The van der Waals surface area contributed by atoms with E-state index in [0.717, 1.165) is 19.3 Å². The molecular weight excluding hydrogens is 136 g/mol. The van der Waals surface area contributed by atoms with E-state index in [1.165, 1.54) is 12.0 Å². The molecule has 0 aromatic carbocycles. The van der Waals surface area contributed by atoms with E-state index in [1.54, 1.807) is 0 Å². The van der Waals surface area contributed by atoms with E-state index in [9.17, 15) is 4.79 Å². The topological polar surface area (TPSA) is 17.1 Å². The van der Waals surface area contributed by atoms with Gasteiger partial charge in [0.2, 0.25) is 0 Å². The molecule has 0 atom stereocenters. The third-order valence-corrected chi connectivity index (χ3v) is 2.44. The van der Waals surface area contributed by atoms with Crippen LogP contribution in [0.3, 0.4) is 0 Å². The fourth-order valence-electron chi connectivity index (χ4n) is 1.66. The van der Waals surface area contributed by atoms with Crippen LogP contribution in [0.5, 0.6) is 0 Å². The summed E-state index contributed by atoms with van der Waals surface area (Å²) in [5, 5.41) is 0. The standard InChI is InChI=1S/C10H12O/c11-10-6-9(7-10)8-4-2-1-3-5-8/h2,4-5,9H,1,3,6-7H2. The van der Waals surface area contributed by atoms with Gasteiger partial charge >= 0.3 is 0 Å². The van der Waals surface area contributed by atoms with Crippen molar-refractivity contribution < 1.29 is 4.79 Å². The third-order valence-electron chi connectivity index (χ3n) is 2.44. The summed E-state index contributed by atoms with van der Waals surface area (Å²) in [6, 6.07) is 0. The average molecular weight is 148 g/mol. The first kappa shape index (κ1) is 6.84. The molecule has 0 N–H and O–H groups in total. The lowest BCUT2D eigenvalue weighted by atomic mass is 9.77. The summed E-state index contributed by atoms with van der Waals surface area (Å²) in [4.78, 5) is 10.7. The number of hydrogen-bond acceptors (Lipinski definition) is 1. The zero-order chi connectivity index (χ0) is 7.68. The van der Waals surface area contributed by atoms with Gasteiger partial charge in [0.25, 0.3) is 0 Å². The number of hydrogen-bond donors (Lipinski definition) is 0. The zero-order valence-electron chi connectivity index (χ0n) is 6.55. The van der Waals surface area contributed by atoms with Crippen molar-refractivity contribution in [1.82, 2.24) is 0 Å². The molecule has 2 aliphatic carbocycles. The highest BCUT2D eigenvalue weighted by Crippen LogP contribution is 2.32. The summed E-state index contributed by atoms with van der Waals surface area (Å²) in [5.41, 5.74) is 1.40. The van der Waals surface area contributed by atoms with E-state index in [1.807, 2.05) is 0 Å². The second kappa shape index (κ2) is 2.65. The molecule has 2 rings (SSSR count). The molecule has 58 valence electrons. The number of ketones is 1. The maximum absolute atomic E-state index is 10.7. The quantitative estimate of drug-likeness (QED) is 0.557. The van der Waals surface area contributed by atoms with Crippen LogP contribution in [0.25, 0.3) is 0 Å². The van der Waals surface area contributed by atoms with E-state index in [0.29, 0.717) is 11.7 Å². The van der Waals surface area contributed by atoms with Crippen molar-refractivity contribution in [3.05, 3.63) is 23.8 Å². The minimum atomic E-state index is 0.426. The average Bonchev–Trinajstić information content (AvgIpc) is 2.01. The van der Waals surface area contributed by atoms with E-state index in [4.69, 9.17) is 0 Å². The SMILES string of the molecule is O=C1CC(C2=CCCC=C2)C1. The van der Waals surface area contributed by atoms with Crippen molar-refractivity contribution >= 4 is 5.78 Å². The van der Waals surface area contributed by atoms with Crippen LogP contribution < -0.4 is 0 Å². The van der Waals surface area contributed by atoms with Crippen LogP contribution in [0.1, 0.15) is 25.7 Å². The first-order chi connectivity index (χ1) is 5.36. The maximum Gasteiger partial charge on any atom is 0.134 e. The highest BCUT2D eigenvalue weighted by atomic mass is 16.1. The lowest BCUT2D eigenvalue weighted by Gasteiger charge is -2.26. The predicted molar refractivity (Wildman–Crippen MR) is 44.2 cm³/mol. The van der Waals surface area contributed by atoms with Gasteiger partial charge in [0.05, 0.1) is 0 Å². The molecule has 2 aliphatic rings. The Bertz CT molecular complexity index is 227. The molecule has 1 saturated carbocycles. The number of carbonyl (C=O) groups excluding carboxylic acids is 1. The summed E-state index contributed by atoms with van der Waals surface area (Å²) in [7, 11) is 0. The van der Waals surface area contributed by atoms with Gasteiger partial charge in [0, 0.05) is 12.8 Å². The maximum atomic E-state index is 10.7. The molecule has 1 fully saturated rings. The molecule has 0 bridgehead atoms. The van der Waals surface area contributed by atoms with Crippen LogP contribution in [0.15, 0.2) is 23.8 Å². The summed E-state index contributed by atoms with van der Waals surface area (Å²) in [5.74, 6) is 0.994. The summed E-state index contributed by atoms with van der Waals surface area (Å²) in [6.07, 6.45) is 10.6. The molecule has 0 unspecified atom stereocenters. The largest absolute Gasteiger partial charge is 0.300 e. The summed E-state index contributed by atoms with van der Waals surface area (Å²) in [6.45, 7) is 0. The van der Waals surface area contributed by atoms with Crippen LogP contribution in [-0.4, -0.2) is 5.78 Å². The Balaban J connectivity index is 2.00. The Morgan fingerprint density at radius 2 is 2.09 bits per heavy atom. The monoisotopic (exact) mass is 148 g/mol. The Morgan fingerprint density at radius 1 is 1.27 bits per heavy atom. The van der Waals surface area contributed by atoms with E-state index < -0.39 is 0 Å². The van der Waals surface area contributed by atoms with Crippen molar-refractivity contribution in [2.24, 2.45) is 5.92 Å². The highest BCUT2D eigenvalue weighted by Gasteiger charge is 2.28. The van der Waals surface area contributed by atoms with Crippen molar-refractivity contribution in [3.8, 4) is 0 Å². The number of rotatable bonds is 1. The minimum absolute atomic E-state index is 0.426. The van der Waals surface area contributed by atoms with Gasteiger partial charge in [-0.2, -0.15) is 0 Å². The van der Waals surface area contributed by atoms with Crippen LogP contribution in [0, 0.1) is 5.92 Å². The van der Waals surface area contributed by atoms with Gasteiger partial charge in [-0.1, -0.05) is 18.2 Å².